The first-order valence-electron chi connectivity index (χ1n) is 15.2. The van der Waals surface area contributed by atoms with E-state index in [2.05, 4.69) is 47.6 Å². The van der Waals surface area contributed by atoms with Gasteiger partial charge in [-0.3, -0.25) is 0 Å². The average Bonchev–Trinajstić information content (AvgIpc) is 2.99. The molecule has 2 aromatic carbocycles. The first-order valence-corrected chi connectivity index (χ1v) is 15.2. The molecule has 9 N–H and O–H groups in total. The Morgan fingerprint density at radius 2 is 0.936 bits per heavy atom. The minimum Gasteiger partial charge on any atom is -0.496 e. The number of methoxy groups -OCH3 is 2. The van der Waals surface area contributed by atoms with E-state index in [1.165, 1.54) is 12.4 Å². The topological polar surface area (TPSA) is 213 Å². The smallest absolute Gasteiger partial charge is 0.222 e. The number of aliphatic hydroxyl groups is 1. The van der Waals surface area contributed by atoms with Crippen LogP contribution in [0.4, 0.5) is 23.5 Å². The molecule has 4 aromatic rings. The van der Waals surface area contributed by atoms with E-state index >= 15 is 0 Å². The third kappa shape index (κ3) is 9.03. The predicted molar refractivity (Wildman–Crippen MR) is 185 cm³/mol. The van der Waals surface area contributed by atoms with Crippen molar-refractivity contribution < 1.29 is 24.1 Å². The Morgan fingerprint density at radius 3 is 1.30 bits per heavy atom. The van der Waals surface area contributed by atoms with Gasteiger partial charge in [0.05, 0.1) is 32.2 Å². The molecule has 0 radical (unpaired) electrons. The average molecular weight is 649 g/mol. The largest absolute Gasteiger partial charge is 0.496 e. The number of nitrogens with two attached hydrogens (primary N) is 4. The molecular weight excluding hydrogens is 600 g/mol. The zero-order valence-electron chi connectivity index (χ0n) is 28.9. The van der Waals surface area contributed by atoms with E-state index in [0.29, 0.717) is 34.5 Å². The van der Waals surface area contributed by atoms with Gasteiger partial charge in [0.1, 0.15) is 23.0 Å². The summed E-state index contributed by atoms with van der Waals surface area (Å²) in [4.78, 5) is 15.7. The van der Waals surface area contributed by atoms with Gasteiger partial charge in [-0.2, -0.15) is 9.97 Å². The van der Waals surface area contributed by atoms with E-state index in [1.807, 2.05) is 32.0 Å². The highest BCUT2D eigenvalue weighted by Crippen LogP contribution is 2.41. The van der Waals surface area contributed by atoms with Crippen LogP contribution in [-0.4, -0.2) is 39.3 Å². The lowest BCUT2D eigenvalue weighted by Gasteiger charge is -2.24. The monoisotopic (exact) mass is 648 g/mol. The summed E-state index contributed by atoms with van der Waals surface area (Å²) in [5.74, 6) is 4.73. The van der Waals surface area contributed by atoms with Gasteiger partial charge in [0.2, 0.25) is 11.9 Å². The molecule has 47 heavy (non-hydrogen) atoms. The molecule has 0 unspecified atom stereocenters. The second-order valence-electron chi connectivity index (χ2n) is 12.4. The third-order valence-electron chi connectivity index (χ3n) is 7.26. The number of benzene rings is 2. The molecule has 0 atom stereocenters. The number of hydrogen-bond acceptors (Lipinski definition) is 13. The van der Waals surface area contributed by atoms with Crippen molar-refractivity contribution in [2.45, 2.75) is 78.7 Å². The molecule has 0 aliphatic rings. The first-order chi connectivity index (χ1) is 22.0. The Balaban J connectivity index is 0.000000256. The van der Waals surface area contributed by atoms with Gasteiger partial charge < -0.3 is 47.0 Å². The molecule has 254 valence electrons. The molecule has 13 heteroatoms. The standard InChI is InChI=1S/C17H24N4O3.C17H24N4O2/c1-9(2)10-6-13(23-5)11(17(3,4)22)7-12(10)24-14-8-20-16(19)21-15(14)18;1-9(2)11-7-14(12(10(3)4)6-13(11)22-5)23-15-8-20-17(19)21-16(15)18/h6-9,22H,1-5H3,(H4,18,19,20,21);6-10H,1-5H3,(H4,18,19,20,21). The normalized spacial score (nSPS) is 11.4. The highest BCUT2D eigenvalue weighted by molar-refractivity contribution is 5.55. The zero-order valence-corrected chi connectivity index (χ0v) is 28.9. The summed E-state index contributed by atoms with van der Waals surface area (Å²) in [6.45, 7) is 15.9. The van der Waals surface area contributed by atoms with Crippen LogP contribution in [0.5, 0.6) is 34.5 Å². The number of anilines is 4. The first kappa shape index (κ1) is 36.4. The van der Waals surface area contributed by atoms with Crippen molar-refractivity contribution in [2.75, 3.05) is 37.2 Å². The fourth-order valence-corrected chi connectivity index (χ4v) is 4.71. The molecule has 0 aliphatic heterocycles. The SMILES string of the molecule is COc1cc(C(C)C)c(Oc2cnc(N)nc2N)cc1C(C)(C)O.COc1cc(C(C)C)c(Oc2cnc(N)nc2N)cc1C(C)C. The summed E-state index contributed by atoms with van der Waals surface area (Å²) in [5.41, 5.74) is 25.3. The lowest BCUT2D eigenvalue weighted by molar-refractivity contribution is 0.0753. The van der Waals surface area contributed by atoms with Crippen LogP contribution in [0.1, 0.15) is 95.4 Å². The number of nitrogens with zero attached hydrogens (tertiary/aromatic N) is 4. The van der Waals surface area contributed by atoms with Gasteiger partial charge >= 0.3 is 0 Å². The van der Waals surface area contributed by atoms with Crippen LogP contribution in [0.25, 0.3) is 0 Å². The van der Waals surface area contributed by atoms with Crippen molar-refractivity contribution in [1.82, 2.24) is 19.9 Å². The maximum Gasteiger partial charge on any atom is 0.222 e. The summed E-state index contributed by atoms with van der Waals surface area (Å²) >= 11 is 0. The second-order valence-corrected chi connectivity index (χ2v) is 12.4. The van der Waals surface area contributed by atoms with Gasteiger partial charge in [0.15, 0.2) is 23.1 Å². The van der Waals surface area contributed by atoms with Crippen molar-refractivity contribution in [2.24, 2.45) is 0 Å². The van der Waals surface area contributed by atoms with Crippen LogP contribution in [0.2, 0.25) is 0 Å². The summed E-state index contributed by atoms with van der Waals surface area (Å²) in [7, 11) is 3.25. The van der Waals surface area contributed by atoms with E-state index in [-0.39, 0.29) is 35.4 Å². The minimum atomic E-state index is -1.10. The number of ether oxygens (including phenoxy) is 4. The molecule has 0 amide bonds. The maximum atomic E-state index is 10.4. The van der Waals surface area contributed by atoms with E-state index in [0.717, 1.165) is 28.2 Å². The van der Waals surface area contributed by atoms with Gasteiger partial charge in [-0.05, 0) is 55.9 Å². The number of hydrogen-bond donors (Lipinski definition) is 5. The molecule has 0 bridgehead atoms. The van der Waals surface area contributed by atoms with Crippen molar-refractivity contribution in [3.8, 4) is 34.5 Å². The molecule has 4 rings (SSSR count). The number of nitrogen functional groups attached to an aromatic ring is 4. The van der Waals surface area contributed by atoms with Crippen LogP contribution in [0.15, 0.2) is 36.7 Å². The molecule has 13 nitrogen and oxygen atoms in total. The van der Waals surface area contributed by atoms with Crippen LogP contribution >= 0.6 is 0 Å². The number of rotatable bonds is 10. The highest BCUT2D eigenvalue weighted by atomic mass is 16.5. The minimum absolute atomic E-state index is 0.0795. The van der Waals surface area contributed by atoms with E-state index < -0.39 is 5.60 Å². The summed E-state index contributed by atoms with van der Waals surface area (Å²) in [6.07, 6.45) is 2.91. The van der Waals surface area contributed by atoms with Crippen LogP contribution in [0, 0.1) is 0 Å². The summed E-state index contributed by atoms with van der Waals surface area (Å²) < 4.78 is 22.9. The van der Waals surface area contributed by atoms with Gasteiger partial charge in [-0.25, -0.2) is 9.97 Å². The summed E-state index contributed by atoms with van der Waals surface area (Å²) in [5, 5.41) is 10.4. The fourth-order valence-electron chi connectivity index (χ4n) is 4.71. The van der Waals surface area contributed by atoms with Crippen molar-refractivity contribution in [3.05, 3.63) is 58.9 Å². The molecule has 2 aromatic heterocycles. The molecule has 0 saturated heterocycles. The molecule has 0 saturated carbocycles. The zero-order chi connectivity index (χ0) is 35.2. The predicted octanol–water partition coefficient (Wildman–Crippen LogP) is 6.48. The molecule has 0 fully saturated rings. The van der Waals surface area contributed by atoms with Gasteiger partial charge in [-0.15, -0.1) is 0 Å². The van der Waals surface area contributed by atoms with Crippen molar-refractivity contribution in [1.29, 1.82) is 0 Å². The van der Waals surface area contributed by atoms with Crippen LogP contribution < -0.4 is 41.9 Å². The van der Waals surface area contributed by atoms with Crippen LogP contribution in [0.3, 0.4) is 0 Å². The Kier molecular flexibility index (Phi) is 11.7. The van der Waals surface area contributed by atoms with E-state index in [1.54, 1.807) is 34.1 Å². The third-order valence-corrected chi connectivity index (χ3v) is 7.26. The maximum absolute atomic E-state index is 10.4. The fraction of sp³-hybridized carbons (Fsp3) is 0.412. The quantitative estimate of drug-likeness (QED) is 0.125. The van der Waals surface area contributed by atoms with Gasteiger partial charge in [0.25, 0.3) is 0 Å². The molecule has 0 aliphatic carbocycles. The Hall–Kier alpha value is -5.04. The van der Waals surface area contributed by atoms with Crippen molar-refractivity contribution >= 4 is 23.5 Å². The Labute approximate surface area is 276 Å². The second kappa shape index (κ2) is 15.0. The van der Waals surface area contributed by atoms with Crippen molar-refractivity contribution in [3.63, 3.8) is 0 Å². The van der Waals surface area contributed by atoms with Gasteiger partial charge in [-0.1, -0.05) is 41.5 Å². The van der Waals surface area contributed by atoms with E-state index in [4.69, 9.17) is 41.9 Å². The lowest BCUT2D eigenvalue weighted by Crippen LogP contribution is -2.17. The van der Waals surface area contributed by atoms with E-state index in [9.17, 15) is 5.11 Å². The summed E-state index contributed by atoms with van der Waals surface area (Å²) in [6, 6.07) is 7.63. The molecular formula is C34H48N8O5. The lowest BCUT2D eigenvalue weighted by atomic mass is 9.92. The Morgan fingerprint density at radius 1 is 0.574 bits per heavy atom. The molecule has 2 heterocycles. The number of aromatic nitrogens is 4. The Bertz CT molecular complexity index is 1690. The van der Waals surface area contributed by atoms with Crippen LogP contribution in [-0.2, 0) is 5.60 Å². The molecule has 0 spiro atoms. The highest BCUT2D eigenvalue weighted by Gasteiger charge is 2.25. The van der Waals surface area contributed by atoms with Gasteiger partial charge in [0, 0.05) is 22.3 Å².